The van der Waals surface area contributed by atoms with Crippen molar-refractivity contribution in [2.75, 3.05) is 24.5 Å². The van der Waals surface area contributed by atoms with Crippen LogP contribution in [0.5, 0.6) is 0 Å². The number of nitrogens with zero attached hydrogens (tertiary/aromatic N) is 2. The smallest absolute Gasteiger partial charge is 0.186 e. The van der Waals surface area contributed by atoms with Crippen LogP contribution < -0.4 is 10.2 Å². The van der Waals surface area contributed by atoms with E-state index in [1.165, 1.54) is 32.2 Å². The van der Waals surface area contributed by atoms with Crippen LogP contribution in [0.25, 0.3) is 0 Å². The van der Waals surface area contributed by atoms with E-state index in [1.807, 2.05) is 0 Å². The van der Waals surface area contributed by atoms with Crippen molar-refractivity contribution < 1.29 is 0 Å². The first-order valence-electron chi connectivity index (χ1n) is 6.40. The topological polar surface area (TPSA) is 28.2 Å². The van der Waals surface area contributed by atoms with Crippen LogP contribution in [-0.2, 0) is 0 Å². The van der Waals surface area contributed by atoms with Crippen LogP contribution in [0.2, 0.25) is 0 Å². The average Bonchev–Trinajstić information content (AvgIpc) is 3.09. The number of halogens is 1. The highest BCUT2D eigenvalue weighted by Gasteiger charge is 2.25. The zero-order chi connectivity index (χ0) is 11.7. The molecule has 0 spiro atoms. The van der Waals surface area contributed by atoms with Crippen molar-refractivity contribution in [1.82, 2.24) is 10.3 Å². The monoisotopic (exact) mass is 315 g/mol. The van der Waals surface area contributed by atoms with Gasteiger partial charge in [-0.2, -0.15) is 0 Å². The van der Waals surface area contributed by atoms with Gasteiger partial charge in [0.25, 0.3) is 0 Å². The number of piperidine rings is 1. The fraction of sp³-hybridized carbons (Fsp3) is 0.750. The van der Waals surface area contributed by atoms with Crippen molar-refractivity contribution in [1.29, 1.82) is 0 Å². The van der Waals surface area contributed by atoms with Crippen LogP contribution in [0.15, 0.2) is 9.98 Å². The number of anilines is 1. The van der Waals surface area contributed by atoms with Gasteiger partial charge in [0.2, 0.25) is 0 Å². The molecule has 0 unspecified atom stereocenters. The predicted octanol–water partition coefficient (Wildman–Crippen LogP) is 2.87. The molecule has 0 aromatic carbocycles. The molecule has 1 aromatic rings. The Hall–Kier alpha value is -0.130. The van der Waals surface area contributed by atoms with Crippen molar-refractivity contribution in [3.63, 3.8) is 0 Å². The zero-order valence-electron chi connectivity index (χ0n) is 9.86. The van der Waals surface area contributed by atoms with Crippen LogP contribution in [0, 0.1) is 5.92 Å². The lowest BCUT2D eigenvalue weighted by Crippen LogP contribution is -2.43. The third-order valence-electron chi connectivity index (χ3n) is 3.62. The van der Waals surface area contributed by atoms with Gasteiger partial charge in [0.1, 0.15) is 4.60 Å². The summed E-state index contributed by atoms with van der Waals surface area (Å²) < 4.78 is 0.964. The Morgan fingerprint density at radius 2 is 2.12 bits per heavy atom. The lowest BCUT2D eigenvalue weighted by molar-refractivity contribution is 0.408. The van der Waals surface area contributed by atoms with Gasteiger partial charge in [-0.3, -0.25) is 0 Å². The lowest BCUT2D eigenvalue weighted by atomic mass is 10.1. The lowest BCUT2D eigenvalue weighted by Gasteiger charge is -2.32. The van der Waals surface area contributed by atoms with Gasteiger partial charge in [0, 0.05) is 24.5 Å². The number of hydrogen-bond donors (Lipinski definition) is 1. The van der Waals surface area contributed by atoms with Crippen LogP contribution in [0.1, 0.15) is 25.7 Å². The third-order valence-corrected chi connectivity index (χ3v) is 5.23. The Morgan fingerprint density at radius 1 is 1.35 bits per heavy atom. The first-order valence-corrected chi connectivity index (χ1v) is 8.08. The van der Waals surface area contributed by atoms with E-state index in [0.717, 1.165) is 34.8 Å². The van der Waals surface area contributed by atoms with Gasteiger partial charge in [-0.15, -0.1) is 11.3 Å². The van der Waals surface area contributed by atoms with E-state index in [4.69, 9.17) is 0 Å². The molecule has 1 aromatic heterocycles. The van der Waals surface area contributed by atoms with Gasteiger partial charge in [-0.1, -0.05) is 0 Å². The molecule has 17 heavy (non-hydrogen) atoms. The Labute approximate surface area is 115 Å². The predicted molar refractivity (Wildman–Crippen MR) is 75.8 cm³/mol. The number of nitrogens with one attached hydrogen (secondary N) is 1. The van der Waals surface area contributed by atoms with E-state index in [1.54, 1.807) is 11.3 Å². The van der Waals surface area contributed by atoms with Crippen molar-refractivity contribution in [2.24, 2.45) is 5.92 Å². The standard InChI is InChI=1S/C12H18BrN3S/c13-11-8-17-12(15-11)16-5-3-10(4-6-16)14-7-9-1-2-9/h8-10,14H,1-7H2. The van der Waals surface area contributed by atoms with Crippen LogP contribution in [0.4, 0.5) is 5.13 Å². The molecular formula is C12H18BrN3S. The number of rotatable bonds is 4. The molecule has 0 amide bonds. The SMILES string of the molecule is Brc1csc(N2CCC(NCC3CC3)CC2)n1. The number of hydrogen-bond acceptors (Lipinski definition) is 4. The highest BCUT2D eigenvalue weighted by atomic mass is 79.9. The second kappa shape index (κ2) is 5.24. The summed E-state index contributed by atoms with van der Waals surface area (Å²) in [5, 5.41) is 6.93. The molecule has 0 bridgehead atoms. The molecule has 2 heterocycles. The fourth-order valence-electron chi connectivity index (χ4n) is 2.32. The van der Waals surface area contributed by atoms with E-state index < -0.39 is 0 Å². The summed E-state index contributed by atoms with van der Waals surface area (Å²) in [7, 11) is 0. The average molecular weight is 316 g/mol. The van der Waals surface area contributed by atoms with E-state index >= 15 is 0 Å². The summed E-state index contributed by atoms with van der Waals surface area (Å²) >= 11 is 5.15. The van der Waals surface area contributed by atoms with Crippen LogP contribution in [0.3, 0.4) is 0 Å². The summed E-state index contributed by atoms with van der Waals surface area (Å²) in [6.07, 6.45) is 5.39. The highest BCUT2D eigenvalue weighted by Crippen LogP contribution is 2.29. The molecule has 2 aliphatic rings. The molecule has 3 rings (SSSR count). The molecule has 1 N–H and O–H groups in total. The van der Waals surface area contributed by atoms with Gasteiger partial charge < -0.3 is 10.2 Å². The Kier molecular flexibility index (Phi) is 3.68. The normalized spacial score (nSPS) is 22.1. The molecule has 1 aliphatic heterocycles. The summed E-state index contributed by atoms with van der Waals surface area (Å²) in [6, 6.07) is 0.732. The summed E-state index contributed by atoms with van der Waals surface area (Å²) in [5.74, 6) is 0.989. The van der Waals surface area contributed by atoms with E-state index in [-0.39, 0.29) is 0 Å². The first kappa shape index (κ1) is 11.9. The van der Waals surface area contributed by atoms with Gasteiger partial charge >= 0.3 is 0 Å². The molecule has 5 heteroatoms. The van der Waals surface area contributed by atoms with Gasteiger partial charge in [-0.25, -0.2) is 4.98 Å². The molecule has 1 aliphatic carbocycles. The second-order valence-electron chi connectivity index (χ2n) is 5.07. The Balaban J connectivity index is 1.46. The maximum absolute atomic E-state index is 4.48. The minimum atomic E-state index is 0.732. The largest absolute Gasteiger partial charge is 0.348 e. The number of thiazole rings is 1. The highest BCUT2D eigenvalue weighted by molar-refractivity contribution is 9.10. The van der Waals surface area contributed by atoms with Crippen molar-refractivity contribution in [2.45, 2.75) is 31.7 Å². The second-order valence-corrected chi connectivity index (χ2v) is 6.71. The van der Waals surface area contributed by atoms with Crippen molar-refractivity contribution in [3.8, 4) is 0 Å². The quantitative estimate of drug-likeness (QED) is 0.926. The van der Waals surface area contributed by atoms with Gasteiger partial charge in [0.15, 0.2) is 5.13 Å². The van der Waals surface area contributed by atoms with Gasteiger partial charge in [0.05, 0.1) is 0 Å². The van der Waals surface area contributed by atoms with Crippen molar-refractivity contribution >= 4 is 32.4 Å². The molecule has 94 valence electrons. The molecule has 1 saturated heterocycles. The molecule has 0 radical (unpaired) electrons. The van der Waals surface area contributed by atoms with E-state index in [0.29, 0.717) is 0 Å². The first-order chi connectivity index (χ1) is 8.31. The molecule has 3 nitrogen and oxygen atoms in total. The summed E-state index contributed by atoms with van der Waals surface area (Å²) in [5.41, 5.74) is 0. The van der Waals surface area contributed by atoms with Crippen LogP contribution >= 0.6 is 27.3 Å². The van der Waals surface area contributed by atoms with E-state index in [9.17, 15) is 0 Å². The van der Waals surface area contributed by atoms with Crippen molar-refractivity contribution in [3.05, 3.63) is 9.98 Å². The molecular weight excluding hydrogens is 298 g/mol. The summed E-state index contributed by atoms with van der Waals surface area (Å²) in [4.78, 5) is 6.89. The molecule has 1 saturated carbocycles. The van der Waals surface area contributed by atoms with Crippen LogP contribution in [-0.4, -0.2) is 30.7 Å². The zero-order valence-corrected chi connectivity index (χ0v) is 12.3. The maximum atomic E-state index is 4.48. The fourth-order valence-corrected chi connectivity index (χ4v) is 3.62. The van der Waals surface area contributed by atoms with Gasteiger partial charge in [-0.05, 0) is 54.1 Å². The summed E-state index contributed by atoms with van der Waals surface area (Å²) in [6.45, 7) is 3.53. The number of aromatic nitrogens is 1. The maximum Gasteiger partial charge on any atom is 0.186 e. The molecule has 2 fully saturated rings. The molecule has 0 atom stereocenters. The Bertz CT molecular complexity index is 370. The third kappa shape index (κ3) is 3.20. The minimum Gasteiger partial charge on any atom is -0.348 e. The minimum absolute atomic E-state index is 0.732. The Morgan fingerprint density at radius 3 is 2.71 bits per heavy atom. The van der Waals surface area contributed by atoms with E-state index in [2.05, 4.69) is 36.5 Å².